The monoisotopic (exact) mass is 375 g/mol. The Balaban J connectivity index is 1.67. The molecule has 0 N–H and O–H groups in total. The molecule has 140 valence electrons. The number of fused-ring (bicyclic) bond motifs is 1. The highest BCUT2D eigenvalue weighted by Gasteiger charge is 2.10. The van der Waals surface area contributed by atoms with Crippen LogP contribution >= 0.6 is 0 Å². The van der Waals surface area contributed by atoms with Crippen molar-refractivity contribution in [3.8, 4) is 11.1 Å². The highest BCUT2D eigenvalue weighted by atomic mass is 19.1. The molecule has 0 aliphatic rings. The van der Waals surface area contributed by atoms with Gasteiger partial charge in [0.15, 0.2) is 5.52 Å². The molecule has 3 aromatic heterocycles. The van der Waals surface area contributed by atoms with Crippen LogP contribution in [0, 0.1) is 5.82 Å². The van der Waals surface area contributed by atoms with Gasteiger partial charge < -0.3 is 4.90 Å². The Hall–Kier alpha value is -3.61. The summed E-state index contributed by atoms with van der Waals surface area (Å²) in [5, 5.41) is 0. The summed E-state index contributed by atoms with van der Waals surface area (Å²) in [6, 6.07) is 12.2. The molecular formula is C21H18FN5O. The summed E-state index contributed by atoms with van der Waals surface area (Å²) in [5.41, 5.74) is 2.53. The summed E-state index contributed by atoms with van der Waals surface area (Å²) in [5.74, 6) is 0.414. The molecule has 0 atom stereocenters. The fourth-order valence-electron chi connectivity index (χ4n) is 2.98. The van der Waals surface area contributed by atoms with Crippen LogP contribution in [0.3, 0.4) is 0 Å². The van der Waals surface area contributed by atoms with Gasteiger partial charge in [-0.05, 0) is 41.5 Å². The van der Waals surface area contributed by atoms with E-state index in [1.54, 1.807) is 30.6 Å². The third-order valence-corrected chi connectivity index (χ3v) is 4.52. The lowest BCUT2D eigenvalue weighted by molar-refractivity contribution is 0.595. The predicted octanol–water partition coefficient (Wildman–Crippen LogP) is 3.11. The summed E-state index contributed by atoms with van der Waals surface area (Å²) >= 11 is 0. The highest BCUT2D eigenvalue weighted by Crippen LogP contribution is 2.24. The van der Waals surface area contributed by atoms with Crippen molar-refractivity contribution in [3.63, 3.8) is 0 Å². The molecule has 0 saturated heterocycles. The maximum Gasteiger partial charge on any atom is 0.280 e. The molecule has 0 unspecified atom stereocenters. The number of anilines is 1. The summed E-state index contributed by atoms with van der Waals surface area (Å²) in [4.78, 5) is 27.0. The second-order valence-corrected chi connectivity index (χ2v) is 6.65. The van der Waals surface area contributed by atoms with E-state index in [-0.39, 0.29) is 23.4 Å². The van der Waals surface area contributed by atoms with Crippen LogP contribution in [0.15, 0.2) is 66.0 Å². The normalized spacial score (nSPS) is 11.0. The van der Waals surface area contributed by atoms with E-state index in [9.17, 15) is 9.18 Å². The van der Waals surface area contributed by atoms with E-state index in [0.29, 0.717) is 11.1 Å². The molecule has 0 fully saturated rings. The van der Waals surface area contributed by atoms with E-state index >= 15 is 0 Å². The Morgan fingerprint density at radius 3 is 2.61 bits per heavy atom. The van der Waals surface area contributed by atoms with Crippen molar-refractivity contribution in [2.75, 3.05) is 19.0 Å². The molecule has 7 heteroatoms. The Bertz CT molecular complexity index is 1220. The Labute approximate surface area is 160 Å². The van der Waals surface area contributed by atoms with Crippen LogP contribution in [0.2, 0.25) is 0 Å². The lowest BCUT2D eigenvalue weighted by Gasteiger charge is -2.13. The van der Waals surface area contributed by atoms with Crippen LogP contribution in [-0.2, 0) is 6.54 Å². The number of aromatic nitrogens is 4. The first-order chi connectivity index (χ1) is 13.5. The van der Waals surface area contributed by atoms with Crippen molar-refractivity contribution >= 4 is 16.9 Å². The first-order valence-electron chi connectivity index (χ1n) is 8.75. The van der Waals surface area contributed by atoms with Gasteiger partial charge in [-0.1, -0.05) is 12.1 Å². The van der Waals surface area contributed by atoms with Gasteiger partial charge in [0.2, 0.25) is 0 Å². The van der Waals surface area contributed by atoms with E-state index in [0.717, 1.165) is 16.9 Å². The van der Waals surface area contributed by atoms with E-state index in [1.165, 1.54) is 17.0 Å². The van der Waals surface area contributed by atoms with Crippen LogP contribution in [0.1, 0.15) is 5.56 Å². The number of rotatable bonds is 4. The third-order valence-electron chi connectivity index (χ3n) is 4.52. The third kappa shape index (κ3) is 3.34. The van der Waals surface area contributed by atoms with Gasteiger partial charge in [-0.15, -0.1) is 0 Å². The van der Waals surface area contributed by atoms with Crippen molar-refractivity contribution in [1.29, 1.82) is 0 Å². The standard InChI is InChI=1S/C21H18FN5O/c1-26(2)19-11-15(7-9-23-19)14-5-6-16(17(22)10-14)12-27-13-25-18-4-3-8-24-20(18)21(27)28/h3-11,13H,12H2,1-2H3. The Morgan fingerprint density at radius 1 is 1.00 bits per heavy atom. The maximum absolute atomic E-state index is 14.7. The first kappa shape index (κ1) is 17.8. The fraction of sp³-hybridized carbons (Fsp3) is 0.143. The number of hydrogen-bond acceptors (Lipinski definition) is 5. The van der Waals surface area contributed by atoms with Crippen LogP contribution in [-0.4, -0.2) is 33.6 Å². The topological polar surface area (TPSA) is 63.9 Å². The van der Waals surface area contributed by atoms with Gasteiger partial charge in [-0.25, -0.2) is 19.3 Å². The van der Waals surface area contributed by atoms with Gasteiger partial charge in [0.05, 0.1) is 18.4 Å². The van der Waals surface area contributed by atoms with E-state index in [1.807, 2.05) is 37.2 Å². The molecule has 0 bridgehead atoms. The largest absolute Gasteiger partial charge is 0.363 e. The second kappa shape index (κ2) is 7.19. The molecule has 6 nitrogen and oxygen atoms in total. The molecule has 1 aromatic carbocycles. The number of pyridine rings is 2. The van der Waals surface area contributed by atoms with Crippen LogP contribution in [0.4, 0.5) is 10.2 Å². The van der Waals surface area contributed by atoms with Crippen LogP contribution in [0.25, 0.3) is 22.2 Å². The predicted molar refractivity (Wildman–Crippen MR) is 107 cm³/mol. The van der Waals surface area contributed by atoms with Crippen molar-refractivity contribution < 1.29 is 4.39 Å². The second-order valence-electron chi connectivity index (χ2n) is 6.65. The number of hydrogen-bond donors (Lipinski definition) is 0. The average molecular weight is 375 g/mol. The first-order valence-corrected chi connectivity index (χ1v) is 8.75. The molecular weight excluding hydrogens is 357 g/mol. The van der Waals surface area contributed by atoms with Gasteiger partial charge in [0.1, 0.15) is 11.6 Å². The van der Waals surface area contributed by atoms with Crippen LogP contribution in [0.5, 0.6) is 0 Å². The molecule has 3 heterocycles. The summed E-state index contributed by atoms with van der Waals surface area (Å²) in [6.45, 7) is 0.0871. The van der Waals surface area contributed by atoms with E-state index in [4.69, 9.17) is 0 Å². The summed E-state index contributed by atoms with van der Waals surface area (Å²) in [6.07, 6.45) is 4.66. The summed E-state index contributed by atoms with van der Waals surface area (Å²) in [7, 11) is 3.81. The van der Waals surface area contributed by atoms with Crippen molar-refractivity contribution in [1.82, 2.24) is 19.5 Å². The highest BCUT2D eigenvalue weighted by molar-refractivity contribution is 5.72. The van der Waals surface area contributed by atoms with Crippen LogP contribution < -0.4 is 10.5 Å². The zero-order valence-corrected chi connectivity index (χ0v) is 15.5. The minimum absolute atomic E-state index is 0.0871. The number of halogens is 1. The summed E-state index contributed by atoms with van der Waals surface area (Å²) < 4.78 is 16.1. The number of benzene rings is 1. The van der Waals surface area contributed by atoms with Crippen molar-refractivity contribution in [2.24, 2.45) is 0 Å². The fourth-order valence-corrected chi connectivity index (χ4v) is 2.98. The molecule has 0 amide bonds. The molecule has 0 aliphatic heterocycles. The Morgan fingerprint density at radius 2 is 1.82 bits per heavy atom. The zero-order valence-electron chi connectivity index (χ0n) is 15.5. The van der Waals surface area contributed by atoms with Gasteiger partial charge in [0, 0.05) is 32.1 Å². The molecule has 0 spiro atoms. The van der Waals surface area contributed by atoms with E-state index < -0.39 is 0 Å². The quantitative estimate of drug-likeness (QED) is 0.548. The number of nitrogens with zero attached hydrogens (tertiary/aromatic N) is 5. The average Bonchev–Trinajstić information content (AvgIpc) is 2.71. The lowest BCUT2D eigenvalue weighted by atomic mass is 10.0. The van der Waals surface area contributed by atoms with Crippen molar-refractivity contribution in [3.05, 3.63) is 82.9 Å². The molecule has 4 aromatic rings. The molecule has 0 aliphatic carbocycles. The maximum atomic E-state index is 14.7. The minimum atomic E-state index is -0.381. The van der Waals surface area contributed by atoms with Gasteiger partial charge in [0.25, 0.3) is 5.56 Å². The zero-order chi connectivity index (χ0) is 19.7. The van der Waals surface area contributed by atoms with Gasteiger partial charge in [-0.3, -0.25) is 9.36 Å². The molecule has 4 rings (SSSR count). The molecule has 28 heavy (non-hydrogen) atoms. The van der Waals surface area contributed by atoms with Gasteiger partial charge in [-0.2, -0.15) is 0 Å². The molecule has 0 saturated carbocycles. The van der Waals surface area contributed by atoms with Gasteiger partial charge >= 0.3 is 0 Å². The Kier molecular flexibility index (Phi) is 4.57. The van der Waals surface area contributed by atoms with Crippen molar-refractivity contribution in [2.45, 2.75) is 6.54 Å². The minimum Gasteiger partial charge on any atom is -0.363 e. The lowest BCUT2D eigenvalue weighted by Crippen LogP contribution is -2.22. The SMILES string of the molecule is CN(C)c1cc(-c2ccc(Cn3cnc4cccnc4c3=O)c(F)c2)ccn1. The van der Waals surface area contributed by atoms with E-state index in [2.05, 4.69) is 15.0 Å². The smallest absolute Gasteiger partial charge is 0.280 e. The molecule has 0 radical (unpaired) electrons.